The smallest absolute Gasteiger partial charge is 0.338 e. The molecule has 0 aliphatic carbocycles. The van der Waals surface area contributed by atoms with Crippen molar-refractivity contribution in [3.63, 3.8) is 0 Å². The largest absolute Gasteiger partial charge is 0.486 e. The summed E-state index contributed by atoms with van der Waals surface area (Å²) >= 11 is 5.94. The summed E-state index contributed by atoms with van der Waals surface area (Å²) in [4.78, 5) is 24.5. The van der Waals surface area contributed by atoms with Gasteiger partial charge in [0.05, 0.1) is 31.1 Å². The van der Waals surface area contributed by atoms with Gasteiger partial charge in [0.2, 0.25) is 0 Å². The molecule has 1 amide bonds. The fourth-order valence-corrected chi connectivity index (χ4v) is 3.32. The number of benzene rings is 2. The van der Waals surface area contributed by atoms with Gasteiger partial charge >= 0.3 is 5.97 Å². The summed E-state index contributed by atoms with van der Waals surface area (Å²) in [7, 11) is 1.34. The highest BCUT2D eigenvalue weighted by atomic mass is 35.5. The van der Waals surface area contributed by atoms with Gasteiger partial charge in [-0.25, -0.2) is 4.79 Å². The number of anilines is 1. The standard InChI is InChI=1S/C24H20ClN3O5/c1-31-24(30)21-8-3-2-5-16(21)13-28-14-18(12-26-28)27-23(29)22-10-9-20(33-22)15-32-19-7-4-6-17(25)11-19/h2-12,14H,13,15H2,1H3,(H,27,29). The number of amides is 1. The van der Waals surface area contributed by atoms with Crippen LogP contribution in [0.3, 0.4) is 0 Å². The van der Waals surface area contributed by atoms with Gasteiger partial charge in [-0.2, -0.15) is 5.10 Å². The highest BCUT2D eigenvalue weighted by molar-refractivity contribution is 6.30. The zero-order valence-corrected chi connectivity index (χ0v) is 18.4. The van der Waals surface area contributed by atoms with E-state index in [9.17, 15) is 9.59 Å². The summed E-state index contributed by atoms with van der Waals surface area (Å²) in [6.45, 7) is 0.498. The van der Waals surface area contributed by atoms with Crippen LogP contribution in [0.15, 0.2) is 77.5 Å². The Morgan fingerprint density at radius 1 is 1.12 bits per heavy atom. The lowest BCUT2D eigenvalue weighted by Crippen LogP contribution is -2.11. The van der Waals surface area contributed by atoms with Crippen molar-refractivity contribution in [3.05, 3.63) is 101 Å². The molecule has 0 spiro atoms. The lowest BCUT2D eigenvalue weighted by Gasteiger charge is -2.07. The first-order chi connectivity index (χ1) is 16.0. The first-order valence-electron chi connectivity index (χ1n) is 9.99. The monoisotopic (exact) mass is 465 g/mol. The molecule has 0 fully saturated rings. The Balaban J connectivity index is 1.36. The van der Waals surface area contributed by atoms with Crippen LogP contribution >= 0.6 is 11.6 Å². The van der Waals surface area contributed by atoms with Crippen LogP contribution in [-0.2, 0) is 17.9 Å². The molecule has 0 atom stereocenters. The second-order valence-corrected chi connectivity index (χ2v) is 7.48. The van der Waals surface area contributed by atoms with Crippen molar-refractivity contribution in [2.24, 2.45) is 0 Å². The normalized spacial score (nSPS) is 10.6. The Hall–Kier alpha value is -4.04. The summed E-state index contributed by atoms with van der Waals surface area (Å²) in [6.07, 6.45) is 3.18. The van der Waals surface area contributed by atoms with E-state index < -0.39 is 11.9 Å². The van der Waals surface area contributed by atoms with Crippen LogP contribution in [0.1, 0.15) is 32.2 Å². The van der Waals surface area contributed by atoms with Crippen molar-refractivity contribution >= 4 is 29.2 Å². The maximum atomic E-state index is 12.5. The van der Waals surface area contributed by atoms with E-state index in [0.29, 0.717) is 34.3 Å². The number of nitrogens with zero attached hydrogens (tertiary/aromatic N) is 2. The number of halogens is 1. The molecule has 0 saturated carbocycles. The summed E-state index contributed by atoms with van der Waals surface area (Å²) < 4.78 is 17.6. The number of furan rings is 1. The average Bonchev–Trinajstić information content (AvgIpc) is 3.47. The molecule has 0 aliphatic rings. The second kappa shape index (κ2) is 10.1. The van der Waals surface area contributed by atoms with Gasteiger partial charge in [0.25, 0.3) is 5.91 Å². The van der Waals surface area contributed by atoms with Crippen LogP contribution in [0.25, 0.3) is 0 Å². The minimum absolute atomic E-state index is 0.142. The highest BCUT2D eigenvalue weighted by Crippen LogP contribution is 2.20. The maximum absolute atomic E-state index is 12.5. The first-order valence-corrected chi connectivity index (χ1v) is 10.4. The lowest BCUT2D eigenvalue weighted by molar-refractivity contribution is 0.0599. The predicted molar refractivity (Wildman–Crippen MR) is 122 cm³/mol. The number of aromatic nitrogens is 2. The van der Waals surface area contributed by atoms with Crippen molar-refractivity contribution in [2.75, 3.05) is 12.4 Å². The summed E-state index contributed by atoms with van der Waals surface area (Å²) in [5.41, 5.74) is 1.70. The molecule has 9 heteroatoms. The van der Waals surface area contributed by atoms with E-state index >= 15 is 0 Å². The molecule has 4 rings (SSSR count). The molecular weight excluding hydrogens is 446 g/mol. The molecule has 0 unspecified atom stereocenters. The third-order valence-corrected chi connectivity index (χ3v) is 4.94. The number of rotatable bonds is 8. The fourth-order valence-electron chi connectivity index (χ4n) is 3.14. The van der Waals surface area contributed by atoms with Gasteiger partial charge in [-0.15, -0.1) is 0 Å². The summed E-state index contributed by atoms with van der Waals surface area (Å²) in [6, 6.07) is 17.4. The van der Waals surface area contributed by atoms with E-state index in [2.05, 4.69) is 10.4 Å². The molecule has 2 aromatic heterocycles. The van der Waals surface area contributed by atoms with Crippen molar-refractivity contribution in [3.8, 4) is 5.75 Å². The van der Waals surface area contributed by atoms with Crippen LogP contribution in [0.2, 0.25) is 5.02 Å². The summed E-state index contributed by atoms with van der Waals surface area (Å²) in [5, 5.41) is 7.56. The van der Waals surface area contributed by atoms with E-state index in [1.807, 2.05) is 12.1 Å². The SMILES string of the molecule is COC(=O)c1ccccc1Cn1cc(NC(=O)c2ccc(COc3cccc(Cl)c3)o2)cn1. The minimum Gasteiger partial charge on any atom is -0.486 e. The van der Waals surface area contributed by atoms with Crippen LogP contribution in [0.4, 0.5) is 5.69 Å². The zero-order valence-electron chi connectivity index (χ0n) is 17.7. The van der Waals surface area contributed by atoms with Crippen molar-refractivity contribution < 1.29 is 23.5 Å². The van der Waals surface area contributed by atoms with E-state index in [-0.39, 0.29) is 12.4 Å². The Kier molecular flexibility index (Phi) is 6.75. The third-order valence-electron chi connectivity index (χ3n) is 4.71. The van der Waals surface area contributed by atoms with Crippen molar-refractivity contribution in [1.29, 1.82) is 0 Å². The fraction of sp³-hybridized carbons (Fsp3) is 0.125. The average molecular weight is 466 g/mol. The number of hydrogen-bond acceptors (Lipinski definition) is 6. The number of carbonyl (C=O) groups is 2. The van der Waals surface area contributed by atoms with Crippen LogP contribution < -0.4 is 10.1 Å². The van der Waals surface area contributed by atoms with Crippen molar-refractivity contribution in [2.45, 2.75) is 13.2 Å². The first kappa shape index (κ1) is 22.2. The molecular formula is C24H20ClN3O5. The van der Waals surface area contributed by atoms with Gasteiger partial charge < -0.3 is 19.2 Å². The highest BCUT2D eigenvalue weighted by Gasteiger charge is 2.15. The molecule has 2 heterocycles. The van der Waals surface area contributed by atoms with Crippen LogP contribution in [-0.4, -0.2) is 28.8 Å². The number of methoxy groups -OCH3 is 1. The molecule has 0 bridgehead atoms. The Morgan fingerprint density at radius 3 is 2.79 bits per heavy atom. The van der Waals surface area contributed by atoms with Crippen molar-refractivity contribution in [1.82, 2.24) is 9.78 Å². The van der Waals surface area contributed by atoms with E-state index in [1.54, 1.807) is 59.4 Å². The van der Waals surface area contributed by atoms with Gasteiger partial charge in [-0.3, -0.25) is 9.48 Å². The predicted octanol–water partition coefficient (Wildman–Crippen LogP) is 4.80. The number of nitrogens with one attached hydrogen (secondary N) is 1. The molecule has 2 aromatic carbocycles. The van der Waals surface area contributed by atoms with Gasteiger partial charge in [-0.1, -0.05) is 35.9 Å². The molecule has 0 radical (unpaired) electrons. The topological polar surface area (TPSA) is 95.6 Å². The van der Waals surface area contributed by atoms with E-state index in [4.69, 9.17) is 25.5 Å². The molecule has 8 nitrogen and oxygen atoms in total. The maximum Gasteiger partial charge on any atom is 0.338 e. The quantitative estimate of drug-likeness (QED) is 0.376. The Morgan fingerprint density at radius 2 is 1.97 bits per heavy atom. The number of carbonyl (C=O) groups excluding carboxylic acids is 2. The van der Waals surface area contributed by atoms with Gasteiger partial charge in [0.1, 0.15) is 18.1 Å². The second-order valence-electron chi connectivity index (χ2n) is 7.04. The molecule has 1 N–H and O–H groups in total. The minimum atomic E-state index is -0.418. The Labute approximate surface area is 194 Å². The summed E-state index contributed by atoms with van der Waals surface area (Å²) in [5.74, 6) is 0.405. The zero-order chi connectivity index (χ0) is 23.2. The molecule has 0 saturated heterocycles. The molecule has 33 heavy (non-hydrogen) atoms. The third kappa shape index (κ3) is 5.61. The van der Waals surface area contributed by atoms with E-state index in [0.717, 1.165) is 5.56 Å². The van der Waals surface area contributed by atoms with Gasteiger partial charge in [0, 0.05) is 11.2 Å². The van der Waals surface area contributed by atoms with Crippen LogP contribution in [0.5, 0.6) is 5.75 Å². The van der Waals surface area contributed by atoms with Gasteiger partial charge in [-0.05, 0) is 42.0 Å². The Bertz CT molecular complexity index is 1280. The number of ether oxygens (including phenoxy) is 2. The molecule has 168 valence electrons. The number of esters is 1. The molecule has 4 aromatic rings. The van der Waals surface area contributed by atoms with E-state index in [1.165, 1.54) is 13.3 Å². The lowest BCUT2D eigenvalue weighted by atomic mass is 10.1. The molecule has 0 aliphatic heterocycles. The number of hydrogen-bond donors (Lipinski definition) is 1. The van der Waals surface area contributed by atoms with Gasteiger partial charge in [0.15, 0.2) is 5.76 Å². The van der Waals surface area contributed by atoms with Crippen LogP contribution in [0, 0.1) is 0 Å².